The number of benzene rings is 2. The second-order valence-corrected chi connectivity index (χ2v) is 5.22. The highest BCUT2D eigenvalue weighted by Gasteiger charge is 2.29. The second-order valence-electron chi connectivity index (χ2n) is 5.22. The molecule has 0 N–H and O–H groups in total. The van der Waals surface area contributed by atoms with Crippen molar-refractivity contribution in [2.45, 2.75) is 12.5 Å². The van der Waals surface area contributed by atoms with Gasteiger partial charge < -0.3 is 14.2 Å². The normalized spacial score (nSPS) is 16.5. The van der Waals surface area contributed by atoms with Crippen LogP contribution in [-0.2, 0) is 11.2 Å². The fraction of sp³-hybridized carbons (Fsp3) is 0.294. The summed E-state index contributed by atoms with van der Waals surface area (Å²) < 4.78 is 16.5. The summed E-state index contributed by atoms with van der Waals surface area (Å²) >= 11 is 0. The minimum Gasteiger partial charge on any atom is -0.493 e. The van der Waals surface area contributed by atoms with Gasteiger partial charge in [0.25, 0.3) is 5.69 Å². The Balaban J connectivity index is 2.14. The van der Waals surface area contributed by atoms with Crippen LogP contribution in [0.15, 0.2) is 36.4 Å². The van der Waals surface area contributed by atoms with Crippen molar-refractivity contribution in [3.63, 3.8) is 0 Å². The fourth-order valence-corrected chi connectivity index (χ4v) is 2.91. The van der Waals surface area contributed by atoms with Gasteiger partial charge in [-0.1, -0.05) is 12.1 Å². The molecule has 0 fully saturated rings. The van der Waals surface area contributed by atoms with Crippen molar-refractivity contribution in [3.05, 3.63) is 63.2 Å². The number of ether oxygens (including phenoxy) is 3. The molecule has 3 rings (SSSR count). The van der Waals surface area contributed by atoms with Crippen LogP contribution in [0.2, 0.25) is 0 Å². The molecule has 1 aliphatic heterocycles. The van der Waals surface area contributed by atoms with Crippen LogP contribution in [0.1, 0.15) is 22.8 Å². The van der Waals surface area contributed by atoms with Gasteiger partial charge in [-0.05, 0) is 35.7 Å². The zero-order chi connectivity index (χ0) is 16.4. The van der Waals surface area contributed by atoms with E-state index in [4.69, 9.17) is 14.2 Å². The molecule has 0 spiro atoms. The number of rotatable bonds is 4. The summed E-state index contributed by atoms with van der Waals surface area (Å²) in [4.78, 5) is 10.9. The maximum atomic E-state index is 11.3. The highest BCUT2D eigenvalue weighted by Crippen LogP contribution is 2.41. The number of para-hydroxylation sites is 1. The van der Waals surface area contributed by atoms with Crippen LogP contribution in [-0.4, -0.2) is 25.7 Å². The van der Waals surface area contributed by atoms with E-state index in [2.05, 4.69) is 0 Å². The van der Waals surface area contributed by atoms with E-state index in [1.807, 2.05) is 12.1 Å². The number of hydrogen-bond acceptors (Lipinski definition) is 5. The Hall–Kier alpha value is -2.60. The van der Waals surface area contributed by atoms with E-state index in [1.165, 1.54) is 6.07 Å². The average molecular weight is 315 g/mol. The third kappa shape index (κ3) is 2.73. The number of methoxy groups -OCH3 is 2. The van der Waals surface area contributed by atoms with Gasteiger partial charge in [0.15, 0.2) is 11.5 Å². The van der Waals surface area contributed by atoms with Crippen LogP contribution in [0.3, 0.4) is 0 Å². The van der Waals surface area contributed by atoms with Crippen molar-refractivity contribution < 1.29 is 19.1 Å². The molecule has 0 amide bonds. The molecule has 23 heavy (non-hydrogen) atoms. The smallest absolute Gasteiger partial charge is 0.275 e. The molecule has 120 valence electrons. The first-order valence-electron chi connectivity index (χ1n) is 7.25. The van der Waals surface area contributed by atoms with Crippen LogP contribution in [0.4, 0.5) is 5.69 Å². The molecule has 6 nitrogen and oxygen atoms in total. The van der Waals surface area contributed by atoms with Crippen molar-refractivity contribution in [1.82, 2.24) is 0 Å². The first-order valence-corrected chi connectivity index (χ1v) is 7.25. The summed E-state index contributed by atoms with van der Waals surface area (Å²) in [5.74, 6) is 1.23. The van der Waals surface area contributed by atoms with Crippen LogP contribution in [0, 0.1) is 10.1 Å². The number of nitrogens with zero attached hydrogens (tertiary/aromatic N) is 1. The second kappa shape index (κ2) is 6.26. The van der Waals surface area contributed by atoms with Crippen molar-refractivity contribution in [2.24, 2.45) is 0 Å². The van der Waals surface area contributed by atoms with Gasteiger partial charge in [0.05, 0.1) is 31.3 Å². The minimum absolute atomic E-state index is 0.0557. The number of nitro benzene ring substituents is 1. The quantitative estimate of drug-likeness (QED) is 0.639. The van der Waals surface area contributed by atoms with Crippen LogP contribution < -0.4 is 9.47 Å². The lowest BCUT2D eigenvalue weighted by Gasteiger charge is -2.27. The Labute approximate surface area is 133 Å². The molecule has 1 aliphatic rings. The summed E-state index contributed by atoms with van der Waals surface area (Å²) in [5, 5.41) is 11.3. The molecule has 1 atom stereocenters. The lowest BCUT2D eigenvalue weighted by Crippen LogP contribution is -2.18. The summed E-state index contributed by atoms with van der Waals surface area (Å²) in [5.41, 5.74) is 2.53. The molecule has 0 bridgehead atoms. The number of nitro groups is 1. The zero-order valence-corrected chi connectivity index (χ0v) is 12.9. The first-order chi connectivity index (χ1) is 11.2. The number of hydrogen-bond donors (Lipinski definition) is 0. The van der Waals surface area contributed by atoms with Crippen LogP contribution in [0.25, 0.3) is 0 Å². The summed E-state index contributed by atoms with van der Waals surface area (Å²) in [6.45, 7) is 0.499. The average Bonchev–Trinajstić information content (AvgIpc) is 2.59. The van der Waals surface area contributed by atoms with Gasteiger partial charge in [-0.25, -0.2) is 0 Å². The molecule has 0 unspecified atom stereocenters. The predicted molar refractivity (Wildman–Crippen MR) is 84.1 cm³/mol. The van der Waals surface area contributed by atoms with Gasteiger partial charge in [0, 0.05) is 6.07 Å². The Morgan fingerprint density at radius 3 is 2.52 bits per heavy atom. The van der Waals surface area contributed by atoms with Gasteiger partial charge in [-0.2, -0.15) is 0 Å². The molecule has 1 heterocycles. The van der Waals surface area contributed by atoms with Gasteiger partial charge >= 0.3 is 0 Å². The Morgan fingerprint density at radius 2 is 1.83 bits per heavy atom. The van der Waals surface area contributed by atoms with Gasteiger partial charge in [-0.3, -0.25) is 10.1 Å². The van der Waals surface area contributed by atoms with Gasteiger partial charge in [0.1, 0.15) is 6.10 Å². The van der Waals surface area contributed by atoms with E-state index < -0.39 is 6.10 Å². The highest BCUT2D eigenvalue weighted by atomic mass is 16.6. The van der Waals surface area contributed by atoms with Crippen molar-refractivity contribution in [2.75, 3.05) is 20.8 Å². The van der Waals surface area contributed by atoms with E-state index in [1.54, 1.807) is 32.4 Å². The maximum Gasteiger partial charge on any atom is 0.275 e. The van der Waals surface area contributed by atoms with E-state index >= 15 is 0 Å². The molecule has 6 heteroatoms. The third-order valence-corrected chi connectivity index (χ3v) is 4.00. The molecule has 0 saturated heterocycles. The molecule has 0 saturated carbocycles. The first kappa shape index (κ1) is 15.3. The lowest BCUT2D eigenvalue weighted by atomic mass is 9.91. The van der Waals surface area contributed by atoms with Crippen LogP contribution in [0.5, 0.6) is 11.5 Å². The molecule has 0 aromatic heterocycles. The van der Waals surface area contributed by atoms with E-state index in [0.717, 1.165) is 17.5 Å². The third-order valence-electron chi connectivity index (χ3n) is 4.00. The van der Waals surface area contributed by atoms with Crippen molar-refractivity contribution >= 4 is 5.69 Å². The van der Waals surface area contributed by atoms with Gasteiger partial charge in [-0.15, -0.1) is 0 Å². The Bertz CT molecular complexity index is 744. The fourth-order valence-electron chi connectivity index (χ4n) is 2.91. The summed E-state index contributed by atoms with van der Waals surface area (Å²) in [6.07, 6.45) is 0.243. The number of fused-ring (bicyclic) bond motifs is 1. The SMILES string of the molecule is COc1cc2c(cc1OC)[C@@H](c1ccccc1[N+](=O)[O-])OCC2. The molecule has 2 aromatic rings. The van der Waals surface area contributed by atoms with Crippen LogP contribution >= 0.6 is 0 Å². The van der Waals surface area contributed by atoms with Crippen molar-refractivity contribution in [1.29, 1.82) is 0 Å². The van der Waals surface area contributed by atoms with E-state index in [-0.39, 0.29) is 10.6 Å². The molecule has 0 aliphatic carbocycles. The van der Waals surface area contributed by atoms with E-state index in [9.17, 15) is 10.1 Å². The minimum atomic E-state index is -0.486. The predicted octanol–water partition coefficient (Wildman–Crippen LogP) is 3.27. The zero-order valence-electron chi connectivity index (χ0n) is 12.9. The molecular formula is C17H17NO5. The molecule has 0 radical (unpaired) electrons. The Kier molecular flexibility index (Phi) is 4.16. The molecular weight excluding hydrogens is 298 g/mol. The monoisotopic (exact) mass is 315 g/mol. The largest absolute Gasteiger partial charge is 0.493 e. The van der Waals surface area contributed by atoms with Gasteiger partial charge in [0.2, 0.25) is 0 Å². The molecule has 2 aromatic carbocycles. The maximum absolute atomic E-state index is 11.3. The lowest BCUT2D eigenvalue weighted by molar-refractivity contribution is -0.386. The highest BCUT2D eigenvalue weighted by molar-refractivity contribution is 5.53. The van der Waals surface area contributed by atoms with E-state index in [0.29, 0.717) is 23.7 Å². The topological polar surface area (TPSA) is 70.8 Å². The Morgan fingerprint density at radius 1 is 1.13 bits per heavy atom. The standard InChI is InChI=1S/C17H17NO5/c1-21-15-9-11-7-8-23-17(13(11)10-16(15)22-2)12-5-3-4-6-14(12)18(19)20/h3-6,9-10,17H,7-8H2,1-2H3/t17-/m1/s1. The summed E-state index contributed by atoms with van der Waals surface area (Å²) in [7, 11) is 3.15. The van der Waals surface area contributed by atoms with Crippen molar-refractivity contribution in [3.8, 4) is 11.5 Å². The summed E-state index contributed by atoms with van der Waals surface area (Å²) in [6, 6.07) is 10.4.